The van der Waals surface area contributed by atoms with E-state index in [0.29, 0.717) is 49.3 Å². The zero-order valence-electron chi connectivity index (χ0n) is 15.0. The molecule has 0 atom stereocenters. The molecule has 26 heavy (non-hydrogen) atoms. The van der Waals surface area contributed by atoms with Gasteiger partial charge in [0, 0.05) is 26.2 Å². The van der Waals surface area contributed by atoms with E-state index in [4.69, 9.17) is 4.52 Å². The predicted octanol–water partition coefficient (Wildman–Crippen LogP) is 1.76. The Labute approximate surface area is 154 Å². The third kappa shape index (κ3) is 3.54. The van der Waals surface area contributed by atoms with Gasteiger partial charge in [0.2, 0.25) is 15.9 Å². The number of benzene rings is 1. The molecule has 1 saturated heterocycles. The number of nitrogens with zero attached hydrogens (tertiary/aromatic N) is 4. The van der Waals surface area contributed by atoms with E-state index < -0.39 is 10.0 Å². The van der Waals surface area contributed by atoms with E-state index in [1.807, 2.05) is 12.1 Å². The molecule has 0 saturated carbocycles. The SMILES string of the molecule is Cc1noc(CN2CCN(S(=O)(=O)c3ccc4c(c3)CCCC4)CC2)n1. The second-order valence-electron chi connectivity index (χ2n) is 7.05. The first-order valence-electron chi connectivity index (χ1n) is 9.16. The standard InChI is InChI=1S/C18H24N4O3S/c1-14-19-18(25-20-14)13-21-8-10-22(11-9-21)26(23,24)17-7-6-15-4-2-3-5-16(15)12-17/h6-7,12H,2-5,8-11,13H2,1H3. The fourth-order valence-corrected chi connectivity index (χ4v) is 5.22. The molecule has 4 rings (SSSR count). The van der Waals surface area contributed by atoms with Crippen LogP contribution in [0.15, 0.2) is 27.6 Å². The third-order valence-electron chi connectivity index (χ3n) is 5.22. The topological polar surface area (TPSA) is 79.5 Å². The van der Waals surface area contributed by atoms with Crippen molar-refractivity contribution >= 4 is 10.0 Å². The zero-order chi connectivity index (χ0) is 18.1. The van der Waals surface area contributed by atoms with Crippen LogP contribution in [0.2, 0.25) is 0 Å². The molecule has 0 amide bonds. The van der Waals surface area contributed by atoms with Crippen LogP contribution in [0.5, 0.6) is 0 Å². The minimum Gasteiger partial charge on any atom is -0.338 e. The fourth-order valence-electron chi connectivity index (χ4n) is 3.74. The van der Waals surface area contributed by atoms with Gasteiger partial charge in [0.15, 0.2) is 5.82 Å². The smallest absolute Gasteiger partial charge is 0.243 e. The van der Waals surface area contributed by atoms with Crippen LogP contribution in [0, 0.1) is 6.92 Å². The lowest BCUT2D eigenvalue weighted by atomic mass is 9.92. The quantitative estimate of drug-likeness (QED) is 0.809. The highest BCUT2D eigenvalue weighted by Gasteiger charge is 2.29. The highest BCUT2D eigenvalue weighted by molar-refractivity contribution is 7.89. The van der Waals surface area contributed by atoms with Crippen molar-refractivity contribution in [2.45, 2.75) is 44.0 Å². The van der Waals surface area contributed by atoms with Gasteiger partial charge in [-0.2, -0.15) is 9.29 Å². The molecule has 8 heteroatoms. The summed E-state index contributed by atoms with van der Waals surface area (Å²) in [5, 5.41) is 3.79. The van der Waals surface area contributed by atoms with Crippen LogP contribution in [-0.2, 0) is 29.4 Å². The van der Waals surface area contributed by atoms with Crippen molar-refractivity contribution < 1.29 is 12.9 Å². The van der Waals surface area contributed by atoms with Crippen LogP contribution in [-0.4, -0.2) is 53.9 Å². The summed E-state index contributed by atoms with van der Waals surface area (Å²) in [6, 6.07) is 5.65. The van der Waals surface area contributed by atoms with E-state index in [2.05, 4.69) is 15.0 Å². The normalized spacial score (nSPS) is 19.4. The van der Waals surface area contributed by atoms with E-state index in [1.54, 1.807) is 17.3 Å². The van der Waals surface area contributed by atoms with Gasteiger partial charge in [-0.1, -0.05) is 11.2 Å². The maximum absolute atomic E-state index is 13.0. The Balaban J connectivity index is 1.43. The molecular formula is C18H24N4O3S. The number of piperazine rings is 1. The van der Waals surface area contributed by atoms with Crippen LogP contribution in [0.4, 0.5) is 0 Å². The maximum Gasteiger partial charge on any atom is 0.243 e. The summed E-state index contributed by atoms with van der Waals surface area (Å²) in [5.41, 5.74) is 2.50. The number of aromatic nitrogens is 2. The van der Waals surface area contributed by atoms with Crippen LogP contribution in [0.25, 0.3) is 0 Å². The van der Waals surface area contributed by atoms with E-state index in [9.17, 15) is 8.42 Å². The van der Waals surface area contributed by atoms with Crippen LogP contribution < -0.4 is 0 Å². The molecule has 0 radical (unpaired) electrons. The lowest BCUT2D eigenvalue weighted by Gasteiger charge is -2.33. The number of rotatable bonds is 4. The summed E-state index contributed by atoms with van der Waals surface area (Å²) in [5.74, 6) is 1.20. The molecule has 1 fully saturated rings. The number of aryl methyl sites for hydroxylation is 3. The number of fused-ring (bicyclic) bond motifs is 1. The number of hydrogen-bond acceptors (Lipinski definition) is 6. The molecule has 0 N–H and O–H groups in total. The molecule has 0 spiro atoms. The summed E-state index contributed by atoms with van der Waals surface area (Å²) >= 11 is 0. The Bertz CT molecular complexity index is 886. The Morgan fingerprint density at radius 1 is 1.08 bits per heavy atom. The van der Waals surface area contributed by atoms with Crippen molar-refractivity contribution in [2.75, 3.05) is 26.2 Å². The average Bonchev–Trinajstić information content (AvgIpc) is 3.06. The number of hydrogen-bond donors (Lipinski definition) is 0. The summed E-state index contributed by atoms with van der Waals surface area (Å²) in [7, 11) is -3.43. The van der Waals surface area contributed by atoms with Crippen molar-refractivity contribution in [2.24, 2.45) is 0 Å². The second-order valence-corrected chi connectivity index (χ2v) is 8.99. The summed E-state index contributed by atoms with van der Waals surface area (Å²) in [4.78, 5) is 6.78. The van der Waals surface area contributed by atoms with Crippen LogP contribution in [0.3, 0.4) is 0 Å². The molecule has 1 aliphatic heterocycles. The van der Waals surface area contributed by atoms with Crippen molar-refractivity contribution in [3.05, 3.63) is 41.0 Å². The summed E-state index contributed by atoms with van der Waals surface area (Å²) in [6.45, 7) is 4.62. The molecular weight excluding hydrogens is 352 g/mol. The Kier molecular flexibility index (Phi) is 4.81. The van der Waals surface area contributed by atoms with Gasteiger partial charge in [0.05, 0.1) is 11.4 Å². The van der Waals surface area contributed by atoms with Gasteiger partial charge < -0.3 is 4.52 Å². The van der Waals surface area contributed by atoms with E-state index in [0.717, 1.165) is 19.3 Å². The van der Waals surface area contributed by atoms with Gasteiger partial charge in [-0.15, -0.1) is 0 Å². The summed E-state index contributed by atoms with van der Waals surface area (Å²) < 4.78 is 32.8. The first kappa shape index (κ1) is 17.6. The van der Waals surface area contributed by atoms with Gasteiger partial charge in [-0.05, 0) is 55.9 Å². The van der Waals surface area contributed by atoms with Gasteiger partial charge in [0.25, 0.3) is 0 Å². The monoisotopic (exact) mass is 376 g/mol. The maximum atomic E-state index is 13.0. The van der Waals surface area contributed by atoms with E-state index in [-0.39, 0.29) is 0 Å². The first-order valence-corrected chi connectivity index (χ1v) is 10.6. The highest BCUT2D eigenvalue weighted by Crippen LogP contribution is 2.26. The van der Waals surface area contributed by atoms with Crippen molar-refractivity contribution in [1.29, 1.82) is 0 Å². The largest absolute Gasteiger partial charge is 0.338 e. The molecule has 0 unspecified atom stereocenters. The fraction of sp³-hybridized carbons (Fsp3) is 0.556. The molecule has 1 aromatic heterocycles. The Hall–Kier alpha value is -1.77. The third-order valence-corrected chi connectivity index (χ3v) is 7.11. The first-order chi connectivity index (χ1) is 12.5. The van der Waals surface area contributed by atoms with E-state index in [1.165, 1.54) is 17.5 Å². The molecule has 0 bridgehead atoms. The van der Waals surface area contributed by atoms with Crippen molar-refractivity contribution in [3.63, 3.8) is 0 Å². The zero-order valence-corrected chi connectivity index (χ0v) is 15.8. The lowest BCUT2D eigenvalue weighted by molar-refractivity contribution is 0.163. The average molecular weight is 376 g/mol. The van der Waals surface area contributed by atoms with Crippen LogP contribution in [0.1, 0.15) is 35.7 Å². The van der Waals surface area contributed by atoms with Crippen molar-refractivity contribution in [1.82, 2.24) is 19.3 Å². The molecule has 140 valence electrons. The molecule has 2 aliphatic rings. The Morgan fingerprint density at radius 3 is 2.50 bits per heavy atom. The number of sulfonamides is 1. The molecule has 1 aromatic carbocycles. The molecule has 7 nitrogen and oxygen atoms in total. The van der Waals surface area contributed by atoms with Gasteiger partial charge in [-0.25, -0.2) is 8.42 Å². The van der Waals surface area contributed by atoms with Gasteiger partial charge in [-0.3, -0.25) is 4.90 Å². The molecule has 2 heterocycles. The Morgan fingerprint density at radius 2 is 1.81 bits per heavy atom. The van der Waals surface area contributed by atoms with Crippen LogP contribution >= 0.6 is 0 Å². The minimum atomic E-state index is -3.43. The van der Waals surface area contributed by atoms with E-state index >= 15 is 0 Å². The minimum absolute atomic E-state index is 0.430. The molecule has 1 aliphatic carbocycles. The predicted molar refractivity (Wildman–Crippen MR) is 96.2 cm³/mol. The van der Waals surface area contributed by atoms with Gasteiger partial charge in [0.1, 0.15) is 0 Å². The lowest BCUT2D eigenvalue weighted by Crippen LogP contribution is -2.48. The van der Waals surface area contributed by atoms with Gasteiger partial charge >= 0.3 is 0 Å². The summed E-state index contributed by atoms with van der Waals surface area (Å²) in [6.07, 6.45) is 4.38. The second kappa shape index (κ2) is 7.09. The molecule has 2 aromatic rings. The highest BCUT2D eigenvalue weighted by atomic mass is 32.2. The van der Waals surface area contributed by atoms with Crippen molar-refractivity contribution in [3.8, 4) is 0 Å².